The third kappa shape index (κ3) is 6.42. The van der Waals surface area contributed by atoms with Gasteiger partial charge in [-0.1, -0.05) is 61.4 Å². The SMILES string of the molecule is CN1CCCCCCN(C(=O)c2cccc(N)n2)[C@@H](Cc2ccccc2)COc2ccccc2C1=O. The minimum Gasteiger partial charge on any atom is -0.491 e. The van der Waals surface area contributed by atoms with Crippen LogP contribution in [0, 0.1) is 0 Å². The minimum atomic E-state index is -0.257. The molecule has 188 valence electrons. The van der Waals surface area contributed by atoms with Crippen molar-refractivity contribution >= 4 is 17.6 Å². The molecule has 0 radical (unpaired) electrons. The first-order valence-electron chi connectivity index (χ1n) is 12.6. The highest BCUT2D eigenvalue weighted by Gasteiger charge is 2.28. The molecule has 7 heteroatoms. The molecule has 2 amide bonds. The standard InChI is InChI=1S/C29H34N4O3/c1-32-18-9-2-3-10-19-33(29(35)25-15-11-17-27(30)31-25)23(20-22-12-5-4-6-13-22)21-36-26-16-8-7-14-24(26)28(32)34/h4-8,11-17,23H,2-3,9-10,18-21H2,1H3,(H2,30,31)/t23-/m0/s1. The number of pyridine rings is 1. The molecule has 2 aromatic carbocycles. The summed E-state index contributed by atoms with van der Waals surface area (Å²) < 4.78 is 6.29. The lowest BCUT2D eigenvalue weighted by Crippen LogP contribution is -2.46. The monoisotopic (exact) mass is 486 g/mol. The fourth-order valence-corrected chi connectivity index (χ4v) is 4.56. The maximum absolute atomic E-state index is 13.7. The fourth-order valence-electron chi connectivity index (χ4n) is 4.56. The molecule has 7 nitrogen and oxygen atoms in total. The number of nitrogens with two attached hydrogens (primary N) is 1. The number of ether oxygens (including phenoxy) is 1. The van der Waals surface area contributed by atoms with Crippen LogP contribution in [0.5, 0.6) is 5.75 Å². The molecule has 2 heterocycles. The number of carbonyl (C=O) groups is 2. The Labute approximate surface area is 212 Å². The molecule has 36 heavy (non-hydrogen) atoms. The Morgan fingerprint density at radius 2 is 1.67 bits per heavy atom. The first kappa shape index (κ1) is 25.2. The predicted molar refractivity (Wildman–Crippen MR) is 141 cm³/mol. The quantitative estimate of drug-likeness (QED) is 0.591. The van der Waals surface area contributed by atoms with E-state index < -0.39 is 0 Å². The van der Waals surface area contributed by atoms with Crippen molar-refractivity contribution in [1.29, 1.82) is 0 Å². The summed E-state index contributed by atoms with van der Waals surface area (Å²) in [5, 5.41) is 0. The van der Waals surface area contributed by atoms with Crippen LogP contribution in [0.2, 0.25) is 0 Å². The van der Waals surface area contributed by atoms with Gasteiger partial charge in [-0.15, -0.1) is 0 Å². The van der Waals surface area contributed by atoms with Gasteiger partial charge in [0, 0.05) is 20.1 Å². The van der Waals surface area contributed by atoms with E-state index in [1.165, 1.54) is 0 Å². The molecule has 2 N–H and O–H groups in total. The van der Waals surface area contributed by atoms with Crippen LogP contribution in [0.1, 0.15) is 52.1 Å². The zero-order chi connectivity index (χ0) is 25.3. The molecule has 0 saturated heterocycles. The average molecular weight is 487 g/mol. The van der Waals surface area contributed by atoms with Gasteiger partial charge in [0.05, 0.1) is 11.6 Å². The van der Waals surface area contributed by atoms with Crippen molar-refractivity contribution in [3.05, 3.63) is 89.6 Å². The van der Waals surface area contributed by atoms with Crippen LogP contribution in [0.3, 0.4) is 0 Å². The highest BCUT2D eigenvalue weighted by Crippen LogP contribution is 2.23. The molecule has 1 atom stereocenters. The van der Waals surface area contributed by atoms with Gasteiger partial charge in [-0.25, -0.2) is 4.98 Å². The summed E-state index contributed by atoms with van der Waals surface area (Å²) in [7, 11) is 1.84. The summed E-state index contributed by atoms with van der Waals surface area (Å²) in [6.45, 7) is 1.52. The summed E-state index contributed by atoms with van der Waals surface area (Å²) in [5.41, 5.74) is 7.86. The van der Waals surface area contributed by atoms with Gasteiger partial charge >= 0.3 is 0 Å². The molecular weight excluding hydrogens is 452 g/mol. The molecule has 0 bridgehead atoms. The van der Waals surface area contributed by atoms with E-state index in [0.29, 0.717) is 42.3 Å². The molecular formula is C29H34N4O3. The molecule has 0 spiro atoms. The minimum absolute atomic E-state index is 0.0563. The number of para-hydroxylation sites is 1. The predicted octanol–water partition coefficient (Wildman–Crippen LogP) is 4.44. The van der Waals surface area contributed by atoms with Crippen molar-refractivity contribution in [2.45, 2.75) is 38.1 Å². The van der Waals surface area contributed by atoms with Crippen LogP contribution >= 0.6 is 0 Å². The van der Waals surface area contributed by atoms with Crippen molar-refractivity contribution in [3.63, 3.8) is 0 Å². The summed E-state index contributed by atoms with van der Waals surface area (Å²) in [5.74, 6) is 0.622. The number of hydrogen-bond donors (Lipinski definition) is 1. The van der Waals surface area contributed by atoms with E-state index in [9.17, 15) is 9.59 Å². The molecule has 4 rings (SSSR count). The molecule has 1 aliphatic heterocycles. The van der Waals surface area contributed by atoms with E-state index >= 15 is 0 Å². The first-order chi connectivity index (χ1) is 17.5. The molecule has 1 aliphatic rings. The number of nitrogens with zero attached hydrogens (tertiary/aromatic N) is 3. The Balaban J connectivity index is 1.69. The van der Waals surface area contributed by atoms with Gasteiger partial charge in [0.1, 0.15) is 23.9 Å². The summed E-state index contributed by atoms with van der Waals surface area (Å²) in [4.78, 5) is 34.8. The van der Waals surface area contributed by atoms with Gasteiger partial charge in [0.15, 0.2) is 0 Å². The Bertz CT molecular complexity index is 1170. The normalized spacial score (nSPS) is 17.6. The molecule has 0 saturated carbocycles. The summed E-state index contributed by atoms with van der Waals surface area (Å²) in [6, 6.07) is 22.3. The zero-order valence-electron chi connectivity index (χ0n) is 20.8. The maximum atomic E-state index is 13.7. The molecule has 3 aromatic rings. The lowest BCUT2D eigenvalue weighted by atomic mass is 10.0. The number of anilines is 1. The third-order valence-corrected chi connectivity index (χ3v) is 6.54. The van der Waals surface area contributed by atoms with E-state index in [0.717, 1.165) is 31.2 Å². The molecule has 1 aromatic heterocycles. The number of rotatable bonds is 3. The van der Waals surface area contributed by atoms with Crippen LogP contribution < -0.4 is 10.5 Å². The van der Waals surface area contributed by atoms with Gasteiger partial charge in [0.2, 0.25) is 0 Å². The van der Waals surface area contributed by atoms with Gasteiger partial charge in [0.25, 0.3) is 11.8 Å². The second-order valence-corrected chi connectivity index (χ2v) is 9.24. The second kappa shape index (κ2) is 12.2. The van der Waals surface area contributed by atoms with E-state index in [2.05, 4.69) is 17.1 Å². The van der Waals surface area contributed by atoms with Crippen LogP contribution in [-0.2, 0) is 6.42 Å². The number of hydrogen-bond acceptors (Lipinski definition) is 5. The van der Waals surface area contributed by atoms with Crippen molar-refractivity contribution in [3.8, 4) is 5.75 Å². The second-order valence-electron chi connectivity index (χ2n) is 9.24. The third-order valence-electron chi connectivity index (χ3n) is 6.54. The van der Waals surface area contributed by atoms with Gasteiger partial charge in [-0.2, -0.15) is 0 Å². The number of benzene rings is 2. The van der Waals surface area contributed by atoms with Crippen LogP contribution in [0.15, 0.2) is 72.8 Å². The number of fused-ring (bicyclic) bond motifs is 1. The van der Waals surface area contributed by atoms with Gasteiger partial charge in [-0.05, 0) is 49.1 Å². The van der Waals surface area contributed by atoms with Gasteiger partial charge in [-0.3, -0.25) is 9.59 Å². The van der Waals surface area contributed by atoms with E-state index in [-0.39, 0.29) is 24.5 Å². The van der Waals surface area contributed by atoms with Crippen LogP contribution in [0.25, 0.3) is 0 Å². The van der Waals surface area contributed by atoms with E-state index in [1.807, 2.05) is 48.3 Å². The highest BCUT2D eigenvalue weighted by molar-refractivity contribution is 5.96. The lowest BCUT2D eigenvalue weighted by Gasteiger charge is -2.32. The largest absolute Gasteiger partial charge is 0.491 e. The van der Waals surface area contributed by atoms with E-state index in [1.54, 1.807) is 29.2 Å². The smallest absolute Gasteiger partial charge is 0.272 e. The van der Waals surface area contributed by atoms with Crippen LogP contribution in [0.4, 0.5) is 5.82 Å². The first-order valence-corrected chi connectivity index (χ1v) is 12.6. The number of amides is 2. The number of nitrogen functional groups attached to an aromatic ring is 1. The Hall–Kier alpha value is -3.87. The topological polar surface area (TPSA) is 88.8 Å². The van der Waals surface area contributed by atoms with Crippen molar-refractivity contribution in [2.24, 2.45) is 0 Å². The van der Waals surface area contributed by atoms with Gasteiger partial charge < -0.3 is 20.3 Å². The summed E-state index contributed by atoms with van der Waals surface area (Å²) >= 11 is 0. The van der Waals surface area contributed by atoms with Crippen molar-refractivity contribution in [1.82, 2.24) is 14.8 Å². The molecule has 0 fully saturated rings. The summed E-state index contributed by atoms with van der Waals surface area (Å²) in [6.07, 6.45) is 4.32. The van der Waals surface area contributed by atoms with Crippen molar-refractivity contribution < 1.29 is 14.3 Å². The average Bonchev–Trinajstić information content (AvgIpc) is 2.90. The fraction of sp³-hybridized carbons (Fsp3) is 0.345. The molecule has 0 unspecified atom stereocenters. The van der Waals surface area contributed by atoms with Crippen molar-refractivity contribution in [2.75, 3.05) is 32.5 Å². The lowest BCUT2D eigenvalue weighted by molar-refractivity contribution is 0.0594. The van der Waals surface area contributed by atoms with E-state index in [4.69, 9.17) is 10.5 Å². The Morgan fingerprint density at radius 1 is 0.944 bits per heavy atom. The Morgan fingerprint density at radius 3 is 2.44 bits per heavy atom. The number of aromatic nitrogens is 1. The Kier molecular flexibility index (Phi) is 8.55. The maximum Gasteiger partial charge on any atom is 0.272 e. The van der Waals surface area contributed by atoms with Crippen LogP contribution in [-0.4, -0.2) is 59.4 Å². The zero-order valence-corrected chi connectivity index (χ0v) is 20.8. The highest BCUT2D eigenvalue weighted by atomic mass is 16.5. The molecule has 0 aliphatic carbocycles. The number of carbonyl (C=O) groups excluding carboxylic acids is 2.